The van der Waals surface area contributed by atoms with Gasteiger partial charge in [0.15, 0.2) is 0 Å². The Hall–Kier alpha value is -1.06. The summed E-state index contributed by atoms with van der Waals surface area (Å²) in [6.45, 7) is 2.74. The van der Waals surface area contributed by atoms with Crippen molar-refractivity contribution in [3.05, 3.63) is 29.3 Å². The lowest BCUT2D eigenvalue weighted by Gasteiger charge is -2.15. The fraction of sp³-hybridized carbons (Fsp3) is 0.500. The predicted octanol–water partition coefficient (Wildman–Crippen LogP) is 1.40. The Bertz CT molecular complexity index is 351. The molecule has 2 atom stereocenters. The lowest BCUT2D eigenvalue weighted by molar-refractivity contribution is 0.193. The molecule has 3 heteroatoms. The Morgan fingerprint density at radius 3 is 2.87 bits per heavy atom. The second-order valence-electron chi connectivity index (χ2n) is 4.02. The second kappa shape index (κ2) is 4.21. The van der Waals surface area contributed by atoms with Gasteiger partial charge in [0.25, 0.3) is 0 Å². The van der Waals surface area contributed by atoms with Gasteiger partial charge in [0.1, 0.15) is 5.75 Å². The highest BCUT2D eigenvalue weighted by molar-refractivity contribution is 5.41. The summed E-state index contributed by atoms with van der Waals surface area (Å²) in [5, 5.41) is 12.8. The first-order valence-corrected chi connectivity index (χ1v) is 5.27. The topological polar surface area (TPSA) is 41.5 Å². The molecule has 1 saturated heterocycles. The average molecular weight is 207 g/mol. The molecule has 0 amide bonds. The quantitative estimate of drug-likeness (QED) is 0.770. The lowest BCUT2D eigenvalue weighted by atomic mass is 9.99. The summed E-state index contributed by atoms with van der Waals surface area (Å²) in [4.78, 5) is 0. The van der Waals surface area contributed by atoms with Gasteiger partial charge in [0.2, 0.25) is 0 Å². The molecule has 1 heterocycles. The molecule has 0 saturated carbocycles. The number of ether oxygens (including phenoxy) is 1. The van der Waals surface area contributed by atoms with Crippen LogP contribution < -0.4 is 10.1 Å². The van der Waals surface area contributed by atoms with E-state index in [-0.39, 0.29) is 12.1 Å². The molecule has 2 rings (SSSR count). The summed E-state index contributed by atoms with van der Waals surface area (Å²) in [6, 6.07) is 6.31. The highest BCUT2D eigenvalue weighted by Crippen LogP contribution is 2.30. The number of nitrogens with one attached hydrogen (secondary N) is 1. The Kier molecular flexibility index (Phi) is 2.93. The Balaban J connectivity index is 2.28. The van der Waals surface area contributed by atoms with Gasteiger partial charge >= 0.3 is 0 Å². The Labute approximate surface area is 90.1 Å². The van der Waals surface area contributed by atoms with Crippen molar-refractivity contribution in [3.63, 3.8) is 0 Å². The van der Waals surface area contributed by atoms with Crippen LogP contribution >= 0.6 is 0 Å². The van der Waals surface area contributed by atoms with Gasteiger partial charge in [-0.05, 0) is 30.5 Å². The Morgan fingerprint density at radius 2 is 2.27 bits per heavy atom. The minimum atomic E-state index is -0.222. The predicted molar refractivity (Wildman–Crippen MR) is 59.1 cm³/mol. The zero-order chi connectivity index (χ0) is 10.8. The summed E-state index contributed by atoms with van der Waals surface area (Å²) >= 11 is 0. The molecular formula is C12H17NO2. The van der Waals surface area contributed by atoms with E-state index in [1.54, 1.807) is 7.11 Å². The van der Waals surface area contributed by atoms with E-state index in [0.717, 1.165) is 17.7 Å². The molecule has 82 valence electrons. The van der Waals surface area contributed by atoms with Crippen LogP contribution in [0, 0.1) is 6.92 Å². The van der Waals surface area contributed by atoms with Crippen molar-refractivity contribution in [1.29, 1.82) is 0 Å². The van der Waals surface area contributed by atoms with Crippen LogP contribution in [-0.2, 0) is 0 Å². The first kappa shape index (κ1) is 10.5. The van der Waals surface area contributed by atoms with Gasteiger partial charge in [0.05, 0.1) is 13.2 Å². The van der Waals surface area contributed by atoms with Crippen LogP contribution in [0.4, 0.5) is 0 Å². The molecular weight excluding hydrogens is 190 g/mol. The first-order valence-electron chi connectivity index (χ1n) is 5.27. The molecule has 1 aromatic carbocycles. The lowest BCUT2D eigenvalue weighted by Crippen LogP contribution is -2.15. The summed E-state index contributed by atoms with van der Waals surface area (Å²) in [6.07, 6.45) is 0.564. The van der Waals surface area contributed by atoms with Crippen LogP contribution in [0.25, 0.3) is 0 Å². The van der Waals surface area contributed by atoms with Crippen molar-refractivity contribution in [2.24, 2.45) is 0 Å². The monoisotopic (exact) mass is 207 g/mol. The normalized spacial score (nSPS) is 25.5. The number of rotatable bonds is 2. The molecule has 15 heavy (non-hydrogen) atoms. The third-order valence-electron chi connectivity index (χ3n) is 3.03. The van der Waals surface area contributed by atoms with Crippen LogP contribution in [0.1, 0.15) is 23.6 Å². The number of methoxy groups -OCH3 is 1. The number of hydrogen-bond acceptors (Lipinski definition) is 3. The maximum atomic E-state index is 9.48. The zero-order valence-electron chi connectivity index (χ0n) is 9.16. The van der Waals surface area contributed by atoms with Gasteiger partial charge in [-0.25, -0.2) is 0 Å². The molecule has 0 radical (unpaired) electrons. The number of aliphatic hydroxyl groups excluding tert-OH is 1. The van der Waals surface area contributed by atoms with Gasteiger partial charge in [-0.2, -0.15) is 0 Å². The van der Waals surface area contributed by atoms with Crippen molar-refractivity contribution in [3.8, 4) is 5.75 Å². The van der Waals surface area contributed by atoms with E-state index in [1.807, 2.05) is 12.1 Å². The van der Waals surface area contributed by atoms with Gasteiger partial charge in [-0.3, -0.25) is 0 Å². The third kappa shape index (κ3) is 1.98. The number of β-amino-alcohol motifs (C(OH)–C–C–N with tert-alkyl or cyclic N) is 1. The van der Waals surface area contributed by atoms with Crippen molar-refractivity contribution in [2.45, 2.75) is 25.5 Å². The van der Waals surface area contributed by atoms with Gasteiger partial charge < -0.3 is 15.2 Å². The van der Waals surface area contributed by atoms with Crippen molar-refractivity contribution < 1.29 is 9.84 Å². The van der Waals surface area contributed by atoms with Crippen molar-refractivity contribution in [1.82, 2.24) is 5.32 Å². The highest BCUT2D eigenvalue weighted by atomic mass is 16.5. The maximum absolute atomic E-state index is 9.48. The van der Waals surface area contributed by atoms with Crippen LogP contribution in [0.5, 0.6) is 5.75 Å². The van der Waals surface area contributed by atoms with Crippen molar-refractivity contribution >= 4 is 0 Å². The zero-order valence-corrected chi connectivity index (χ0v) is 9.16. The summed E-state index contributed by atoms with van der Waals surface area (Å²) < 4.78 is 5.28. The molecule has 0 spiro atoms. The van der Waals surface area contributed by atoms with Crippen LogP contribution in [-0.4, -0.2) is 24.9 Å². The van der Waals surface area contributed by atoms with E-state index in [1.165, 1.54) is 5.56 Å². The largest absolute Gasteiger partial charge is 0.496 e. The van der Waals surface area contributed by atoms with E-state index in [0.29, 0.717) is 6.54 Å². The highest BCUT2D eigenvalue weighted by Gasteiger charge is 2.25. The van der Waals surface area contributed by atoms with Gasteiger partial charge in [-0.1, -0.05) is 12.1 Å². The van der Waals surface area contributed by atoms with E-state index in [4.69, 9.17) is 4.74 Å². The van der Waals surface area contributed by atoms with Crippen molar-refractivity contribution in [2.75, 3.05) is 13.7 Å². The molecule has 3 nitrogen and oxygen atoms in total. The van der Waals surface area contributed by atoms with Gasteiger partial charge in [0, 0.05) is 12.6 Å². The fourth-order valence-corrected chi connectivity index (χ4v) is 2.18. The molecule has 1 aliphatic heterocycles. The standard InChI is InChI=1S/C12H17NO2/c1-8-10(4-3-5-12(8)15-2)11-6-9(14)7-13-11/h3-5,9,11,13-14H,6-7H2,1-2H3/t9-,11+/m1/s1. The van der Waals surface area contributed by atoms with E-state index in [9.17, 15) is 5.11 Å². The minimum absolute atomic E-state index is 0.222. The first-order chi connectivity index (χ1) is 7.22. The SMILES string of the molecule is COc1cccc([C@@H]2C[C@@H](O)CN2)c1C. The molecule has 0 aliphatic carbocycles. The smallest absolute Gasteiger partial charge is 0.122 e. The molecule has 0 unspecified atom stereocenters. The second-order valence-corrected chi connectivity index (χ2v) is 4.02. The molecule has 0 aromatic heterocycles. The van der Waals surface area contributed by atoms with Crippen LogP contribution in [0.3, 0.4) is 0 Å². The molecule has 1 aliphatic rings. The van der Waals surface area contributed by atoms with Crippen LogP contribution in [0.2, 0.25) is 0 Å². The summed E-state index contributed by atoms with van der Waals surface area (Å²) in [5.41, 5.74) is 2.39. The third-order valence-corrected chi connectivity index (χ3v) is 3.03. The average Bonchev–Trinajstić information content (AvgIpc) is 2.65. The summed E-state index contributed by atoms with van der Waals surface area (Å²) in [5.74, 6) is 0.913. The number of hydrogen-bond donors (Lipinski definition) is 2. The molecule has 1 fully saturated rings. The number of benzene rings is 1. The Morgan fingerprint density at radius 1 is 1.47 bits per heavy atom. The number of aliphatic hydroxyl groups is 1. The molecule has 1 aromatic rings. The summed E-state index contributed by atoms with van der Waals surface area (Å²) in [7, 11) is 1.68. The van der Waals surface area contributed by atoms with Crippen LogP contribution in [0.15, 0.2) is 18.2 Å². The van der Waals surface area contributed by atoms with E-state index < -0.39 is 0 Å². The van der Waals surface area contributed by atoms with Gasteiger partial charge in [-0.15, -0.1) is 0 Å². The maximum Gasteiger partial charge on any atom is 0.122 e. The van der Waals surface area contributed by atoms with E-state index in [2.05, 4.69) is 18.3 Å². The fourth-order valence-electron chi connectivity index (χ4n) is 2.18. The molecule has 0 bridgehead atoms. The van der Waals surface area contributed by atoms with E-state index >= 15 is 0 Å². The minimum Gasteiger partial charge on any atom is -0.496 e. The molecule has 2 N–H and O–H groups in total.